The molecule has 2 aromatic carbocycles. The molecule has 8 nitrogen and oxygen atoms in total. The predicted octanol–water partition coefficient (Wildman–Crippen LogP) is 4.45. The van der Waals surface area contributed by atoms with Crippen molar-refractivity contribution in [3.63, 3.8) is 0 Å². The van der Waals surface area contributed by atoms with Gasteiger partial charge in [0.05, 0.1) is 12.2 Å². The molecule has 2 amide bonds. The summed E-state index contributed by atoms with van der Waals surface area (Å²) in [6.07, 6.45) is 0.743. The Bertz CT molecular complexity index is 1050. The maximum absolute atomic E-state index is 12.2. The Hall–Kier alpha value is -3.55. The molecule has 0 heterocycles. The van der Waals surface area contributed by atoms with Gasteiger partial charge >= 0.3 is 5.97 Å². The van der Waals surface area contributed by atoms with Crippen molar-refractivity contribution in [3.8, 4) is 11.5 Å². The van der Waals surface area contributed by atoms with Crippen molar-refractivity contribution in [1.29, 1.82) is 0 Å². The van der Waals surface area contributed by atoms with E-state index in [-0.39, 0.29) is 24.0 Å². The number of hydrogen-bond acceptors (Lipinski definition) is 6. The van der Waals surface area contributed by atoms with Crippen LogP contribution in [0.5, 0.6) is 11.5 Å². The fraction of sp³-hybridized carbons (Fsp3) is 0.464. The largest absolute Gasteiger partial charge is 0.484 e. The molecule has 196 valence electrons. The molecule has 0 aliphatic heterocycles. The minimum absolute atomic E-state index is 0.00915. The molecule has 2 N–H and O–H groups in total. The molecule has 0 radical (unpaired) electrons. The summed E-state index contributed by atoms with van der Waals surface area (Å²) in [5.41, 5.74) is 7.02. The second-order valence-electron chi connectivity index (χ2n) is 10.5. The van der Waals surface area contributed by atoms with Crippen LogP contribution < -0.4 is 20.3 Å². The minimum atomic E-state index is -0.542. The molecule has 0 atom stereocenters. The molecule has 0 aliphatic rings. The van der Waals surface area contributed by atoms with Crippen LogP contribution in [0.25, 0.3) is 0 Å². The van der Waals surface area contributed by atoms with Crippen molar-refractivity contribution in [1.82, 2.24) is 10.9 Å². The first-order valence-corrected chi connectivity index (χ1v) is 12.1. The van der Waals surface area contributed by atoms with Crippen molar-refractivity contribution in [2.75, 3.05) is 19.8 Å². The second-order valence-corrected chi connectivity index (χ2v) is 10.5. The van der Waals surface area contributed by atoms with Gasteiger partial charge in [0.1, 0.15) is 11.5 Å². The summed E-state index contributed by atoms with van der Waals surface area (Å²) in [5.74, 6) is -0.425. The van der Waals surface area contributed by atoms with E-state index in [0.29, 0.717) is 23.7 Å². The molecule has 0 spiro atoms. The number of esters is 1. The van der Waals surface area contributed by atoms with Crippen LogP contribution in [-0.4, -0.2) is 37.6 Å². The number of rotatable bonds is 9. The summed E-state index contributed by atoms with van der Waals surface area (Å²) in [4.78, 5) is 36.1. The molecule has 0 unspecified atom stereocenters. The van der Waals surface area contributed by atoms with Crippen LogP contribution in [0, 0.1) is 0 Å². The van der Waals surface area contributed by atoms with Crippen LogP contribution >= 0.6 is 0 Å². The van der Waals surface area contributed by atoms with Gasteiger partial charge in [0.15, 0.2) is 13.2 Å². The lowest BCUT2D eigenvalue weighted by atomic mass is 9.80. The normalized spacial score (nSPS) is 11.4. The molecular formula is C28H38N2O6. The van der Waals surface area contributed by atoms with E-state index in [1.807, 2.05) is 19.1 Å². The monoisotopic (exact) mass is 498 g/mol. The SMILES string of the molecule is CCCOC(=O)c1ccc(OCC(=O)NNC(=O)COc2ccc(C(C)(C)C)cc2C(C)(C)C)cc1. The van der Waals surface area contributed by atoms with Gasteiger partial charge in [-0.05, 0) is 58.7 Å². The second kappa shape index (κ2) is 12.4. The maximum atomic E-state index is 12.2. The van der Waals surface area contributed by atoms with Crippen LogP contribution in [0.4, 0.5) is 0 Å². The molecule has 0 aromatic heterocycles. The van der Waals surface area contributed by atoms with E-state index in [0.717, 1.165) is 12.0 Å². The summed E-state index contributed by atoms with van der Waals surface area (Å²) in [6, 6.07) is 12.3. The zero-order valence-electron chi connectivity index (χ0n) is 22.3. The number of amides is 2. The van der Waals surface area contributed by atoms with Gasteiger partial charge in [0, 0.05) is 0 Å². The Morgan fingerprint density at radius 1 is 0.778 bits per heavy atom. The molecule has 0 bridgehead atoms. The van der Waals surface area contributed by atoms with Crippen molar-refractivity contribution < 1.29 is 28.6 Å². The molecule has 2 rings (SSSR count). The Kier molecular flexibility index (Phi) is 9.90. The van der Waals surface area contributed by atoms with E-state index in [1.54, 1.807) is 24.3 Å². The van der Waals surface area contributed by atoms with Crippen molar-refractivity contribution >= 4 is 17.8 Å². The molecule has 2 aromatic rings. The summed E-state index contributed by atoms with van der Waals surface area (Å²) in [6.45, 7) is 14.4. The smallest absolute Gasteiger partial charge is 0.338 e. The number of carbonyl (C=O) groups excluding carboxylic acids is 3. The quantitative estimate of drug-likeness (QED) is 0.391. The summed E-state index contributed by atoms with van der Waals surface area (Å²) >= 11 is 0. The van der Waals surface area contributed by atoms with E-state index < -0.39 is 17.8 Å². The number of ether oxygens (including phenoxy) is 3. The van der Waals surface area contributed by atoms with E-state index in [1.165, 1.54) is 5.56 Å². The van der Waals surface area contributed by atoms with Crippen LogP contribution in [0.2, 0.25) is 0 Å². The van der Waals surface area contributed by atoms with Gasteiger partial charge in [-0.25, -0.2) is 4.79 Å². The number of benzene rings is 2. The number of hydrogen-bond donors (Lipinski definition) is 2. The first-order valence-electron chi connectivity index (χ1n) is 12.1. The number of hydrazine groups is 1. The first-order chi connectivity index (χ1) is 16.8. The molecular weight excluding hydrogens is 460 g/mol. The summed E-state index contributed by atoms with van der Waals surface area (Å²) in [7, 11) is 0. The van der Waals surface area contributed by atoms with Gasteiger partial charge in [0.2, 0.25) is 0 Å². The highest BCUT2D eigenvalue weighted by molar-refractivity contribution is 5.89. The van der Waals surface area contributed by atoms with Crippen LogP contribution in [0.15, 0.2) is 42.5 Å². The van der Waals surface area contributed by atoms with Gasteiger partial charge in [0.25, 0.3) is 11.8 Å². The first kappa shape index (κ1) is 28.7. The lowest BCUT2D eigenvalue weighted by molar-refractivity contribution is -0.131. The third-order valence-corrected chi connectivity index (χ3v) is 5.25. The number of nitrogens with one attached hydrogen (secondary N) is 2. The van der Waals surface area contributed by atoms with Crippen LogP contribution in [0.1, 0.15) is 76.4 Å². The molecule has 0 saturated heterocycles. The lowest BCUT2D eigenvalue weighted by Crippen LogP contribution is -2.45. The van der Waals surface area contributed by atoms with Crippen LogP contribution in [-0.2, 0) is 25.2 Å². The minimum Gasteiger partial charge on any atom is -0.484 e. The molecule has 0 aliphatic carbocycles. The molecule has 0 saturated carbocycles. The summed E-state index contributed by atoms with van der Waals surface area (Å²) < 4.78 is 16.2. The van der Waals surface area contributed by atoms with Crippen molar-refractivity contribution in [2.24, 2.45) is 0 Å². The predicted molar refractivity (Wildman–Crippen MR) is 138 cm³/mol. The van der Waals surface area contributed by atoms with E-state index >= 15 is 0 Å². The lowest BCUT2D eigenvalue weighted by Gasteiger charge is -2.27. The fourth-order valence-electron chi connectivity index (χ4n) is 3.18. The molecule has 36 heavy (non-hydrogen) atoms. The van der Waals surface area contributed by atoms with Gasteiger partial charge in [-0.15, -0.1) is 0 Å². The standard InChI is InChI=1S/C28H38N2O6/c1-8-15-34-26(33)19-9-12-21(13-10-19)35-17-24(31)29-30-25(32)18-36-23-14-11-20(27(2,3)4)16-22(23)28(5,6)7/h9-14,16H,8,15,17-18H2,1-7H3,(H,29,31)(H,30,32). The Balaban J connectivity index is 1.82. The van der Waals surface area contributed by atoms with E-state index in [9.17, 15) is 14.4 Å². The van der Waals surface area contributed by atoms with Crippen molar-refractivity contribution in [3.05, 3.63) is 59.2 Å². The van der Waals surface area contributed by atoms with Gasteiger partial charge in [-0.1, -0.05) is 60.6 Å². The van der Waals surface area contributed by atoms with Gasteiger partial charge in [-0.2, -0.15) is 0 Å². The zero-order chi connectivity index (χ0) is 26.9. The number of carbonyl (C=O) groups is 3. The Morgan fingerprint density at radius 3 is 1.89 bits per heavy atom. The van der Waals surface area contributed by atoms with Crippen molar-refractivity contribution in [2.45, 2.75) is 65.7 Å². The zero-order valence-corrected chi connectivity index (χ0v) is 22.3. The average molecular weight is 499 g/mol. The Morgan fingerprint density at radius 2 is 1.36 bits per heavy atom. The highest BCUT2D eigenvalue weighted by Gasteiger charge is 2.23. The Labute approximate surface area is 213 Å². The molecule has 0 fully saturated rings. The highest BCUT2D eigenvalue weighted by Crippen LogP contribution is 2.35. The third-order valence-electron chi connectivity index (χ3n) is 5.25. The van der Waals surface area contributed by atoms with Crippen LogP contribution in [0.3, 0.4) is 0 Å². The van der Waals surface area contributed by atoms with E-state index in [2.05, 4.69) is 58.5 Å². The third kappa shape index (κ3) is 8.91. The van der Waals surface area contributed by atoms with E-state index in [4.69, 9.17) is 14.2 Å². The maximum Gasteiger partial charge on any atom is 0.338 e. The fourth-order valence-corrected chi connectivity index (χ4v) is 3.18. The topological polar surface area (TPSA) is 103 Å². The highest BCUT2D eigenvalue weighted by atomic mass is 16.5. The van der Waals surface area contributed by atoms with Gasteiger partial charge in [-0.3, -0.25) is 20.4 Å². The summed E-state index contributed by atoms with van der Waals surface area (Å²) in [5, 5.41) is 0. The van der Waals surface area contributed by atoms with Gasteiger partial charge < -0.3 is 14.2 Å². The molecule has 8 heteroatoms. The average Bonchev–Trinajstić information content (AvgIpc) is 2.82.